The van der Waals surface area contributed by atoms with Crippen LogP contribution in [0.1, 0.15) is 38.5 Å². The van der Waals surface area contributed by atoms with Crippen molar-refractivity contribution in [2.45, 2.75) is 44.6 Å². The Labute approximate surface area is 76.1 Å². The first kappa shape index (κ1) is 10.0. The Balaban J connectivity index is 2.35. The van der Waals surface area contributed by atoms with Crippen molar-refractivity contribution in [1.82, 2.24) is 4.90 Å². The average Bonchev–Trinajstić information content (AvgIpc) is 2.17. The third kappa shape index (κ3) is 3.11. The van der Waals surface area contributed by atoms with E-state index >= 15 is 0 Å². The number of hydrogen-bond donors (Lipinski definition) is 1. The molecular formula is C10H22N2. The third-order valence-electron chi connectivity index (χ3n) is 2.94. The Morgan fingerprint density at radius 1 is 1.17 bits per heavy atom. The molecule has 0 aromatic rings. The maximum absolute atomic E-state index is 5.72. The van der Waals surface area contributed by atoms with Gasteiger partial charge in [0.1, 0.15) is 0 Å². The van der Waals surface area contributed by atoms with Crippen LogP contribution in [0.4, 0.5) is 0 Å². The fourth-order valence-corrected chi connectivity index (χ4v) is 1.97. The van der Waals surface area contributed by atoms with Crippen molar-refractivity contribution in [3.05, 3.63) is 0 Å². The Morgan fingerprint density at radius 2 is 1.83 bits per heavy atom. The van der Waals surface area contributed by atoms with Crippen LogP contribution in [-0.4, -0.2) is 31.1 Å². The molecule has 0 radical (unpaired) electrons. The highest BCUT2D eigenvalue weighted by atomic mass is 15.1. The van der Waals surface area contributed by atoms with Gasteiger partial charge in [-0.3, -0.25) is 0 Å². The molecule has 0 aromatic heterocycles. The van der Waals surface area contributed by atoms with E-state index in [1.807, 2.05) is 0 Å². The van der Waals surface area contributed by atoms with E-state index in [2.05, 4.69) is 11.9 Å². The first-order valence-electron chi connectivity index (χ1n) is 5.25. The summed E-state index contributed by atoms with van der Waals surface area (Å²) in [7, 11) is 2.21. The van der Waals surface area contributed by atoms with Crippen LogP contribution < -0.4 is 5.73 Å². The summed E-state index contributed by atoms with van der Waals surface area (Å²) in [5.41, 5.74) is 5.72. The molecule has 1 heterocycles. The summed E-state index contributed by atoms with van der Waals surface area (Å²) < 4.78 is 0. The molecule has 1 fully saturated rings. The van der Waals surface area contributed by atoms with E-state index in [9.17, 15) is 0 Å². The molecular weight excluding hydrogens is 148 g/mol. The minimum atomic E-state index is 0.642. The standard InChI is InChI=1S/C10H22N2/c1-12-8-6-4-2-3-5-7-10(12)9-11/h10H,2-9,11H2,1H3. The summed E-state index contributed by atoms with van der Waals surface area (Å²) in [6.07, 6.45) is 8.25. The SMILES string of the molecule is CN1CCCCCCCC1CN. The number of rotatable bonds is 1. The van der Waals surface area contributed by atoms with Gasteiger partial charge in [-0.05, 0) is 26.4 Å². The molecule has 0 saturated carbocycles. The molecule has 0 aliphatic carbocycles. The number of hydrogen-bond acceptors (Lipinski definition) is 2. The van der Waals surface area contributed by atoms with Gasteiger partial charge in [0, 0.05) is 12.6 Å². The second-order valence-electron chi connectivity index (χ2n) is 3.93. The zero-order valence-electron chi connectivity index (χ0n) is 8.26. The normalized spacial score (nSPS) is 29.0. The molecule has 72 valence electrons. The number of likely N-dealkylation sites (N-methyl/N-ethyl adjacent to an activating group) is 1. The minimum absolute atomic E-state index is 0.642. The lowest BCUT2D eigenvalue weighted by Gasteiger charge is -2.25. The van der Waals surface area contributed by atoms with Crippen molar-refractivity contribution in [3.8, 4) is 0 Å². The zero-order valence-corrected chi connectivity index (χ0v) is 8.26. The Kier molecular flexibility index (Phi) is 4.62. The van der Waals surface area contributed by atoms with Crippen molar-refractivity contribution >= 4 is 0 Å². The van der Waals surface area contributed by atoms with Crippen LogP contribution in [0.5, 0.6) is 0 Å². The second-order valence-corrected chi connectivity index (χ2v) is 3.93. The molecule has 1 atom stereocenters. The average molecular weight is 170 g/mol. The van der Waals surface area contributed by atoms with Gasteiger partial charge in [0.2, 0.25) is 0 Å². The highest BCUT2D eigenvalue weighted by Crippen LogP contribution is 2.14. The van der Waals surface area contributed by atoms with E-state index in [4.69, 9.17) is 5.73 Å². The lowest BCUT2D eigenvalue weighted by atomic mass is 10.1. The molecule has 0 bridgehead atoms. The monoisotopic (exact) mass is 170 g/mol. The topological polar surface area (TPSA) is 29.3 Å². The van der Waals surface area contributed by atoms with Gasteiger partial charge >= 0.3 is 0 Å². The molecule has 1 unspecified atom stereocenters. The van der Waals surface area contributed by atoms with Gasteiger partial charge in [-0.25, -0.2) is 0 Å². The van der Waals surface area contributed by atoms with Gasteiger partial charge in [-0.1, -0.05) is 25.7 Å². The van der Waals surface area contributed by atoms with Crippen LogP contribution >= 0.6 is 0 Å². The van der Waals surface area contributed by atoms with Gasteiger partial charge in [-0.2, -0.15) is 0 Å². The Morgan fingerprint density at radius 3 is 2.58 bits per heavy atom. The lowest BCUT2D eigenvalue weighted by Crippen LogP contribution is -2.38. The summed E-state index contributed by atoms with van der Waals surface area (Å²) in [4.78, 5) is 2.44. The van der Waals surface area contributed by atoms with E-state index in [-0.39, 0.29) is 0 Å². The van der Waals surface area contributed by atoms with Crippen molar-refractivity contribution in [3.63, 3.8) is 0 Å². The molecule has 1 rings (SSSR count). The van der Waals surface area contributed by atoms with E-state index in [1.54, 1.807) is 0 Å². The molecule has 2 N–H and O–H groups in total. The van der Waals surface area contributed by atoms with Crippen LogP contribution in [-0.2, 0) is 0 Å². The van der Waals surface area contributed by atoms with Crippen LogP contribution in [0.2, 0.25) is 0 Å². The number of nitrogens with two attached hydrogens (primary N) is 1. The fourth-order valence-electron chi connectivity index (χ4n) is 1.97. The largest absolute Gasteiger partial charge is 0.329 e. The van der Waals surface area contributed by atoms with Crippen molar-refractivity contribution in [2.75, 3.05) is 20.1 Å². The molecule has 2 heteroatoms. The molecule has 1 saturated heterocycles. The zero-order chi connectivity index (χ0) is 8.81. The van der Waals surface area contributed by atoms with Gasteiger partial charge in [0.15, 0.2) is 0 Å². The van der Waals surface area contributed by atoms with Crippen LogP contribution in [0.15, 0.2) is 0 Å². The van der Waals surface area contributed by atoms with Crippen molar-refractivity contribution in [1.29, 1.82) is 0 Å². The van der Waals surface area contributed by atoms with E-state index in [1.165, 1.54) is 45.1 Å². The summed E-state index contributed by atoms with van der Waals surface area (Å²) in [5, 5.41) is 0. The fraction of sp³-hybridized carbons (Fsp3) is 1.00. The van der Waals surface area contributed by atoms with Crippen LogP contribution in [0.3, 0.4) is 0 Å². The summed E-state index contributed by atoms with van der Waals surface area (Å²) in [6.45, 7) is 2.07. The molecule has 1 aliphatic rings. The maximum atomic E-state index is 5.72. The summed E-state index contributed by atoms with van der Waals surface area (Å²) in [6, 6.07) is 0.642. The molecule has 0 amide bonds. The van der Waals surface area contributed by atoms with Gasteiger partial charge in [0.25, 0.3) is 0 Å². The van der Waals surface area contributed by atoms with Crippen LogP contribution in [0, 0.1) is 0 Å². The quantitative estimate of drug-likeness (QED) is 0.647. The van der Waals surface area contributed by atoms with Gasteiger partial charge < -0.3 is 10.6 Å². The van der Waals surface area contributed by atoms with E-state index in [0.717, 1.165) is 6.54 Å². The minimum Gasteiger partial charge on any atom is -0.329 e. The molecule has 0 aromatic carbocycles. The van der Waals surface area contributed by atoms with Crippen molar-refractivity contribution in [2.24, 2.45) is 5.73 Å². The molecule has 1 aliphatic heterocycles. The van der Waals surface area contributed by atoms with E-state index in [0.29, 0.717) is 6.04 Å². The molecule has 0 spiro atoms. The summed E-state index contributed by atoms with van der Waals surface area (Å²) in [5.74, 6) is 0. The second kappa shape index (κ2) is 5.55. The Hall–Kier alpha value is -0.0800. The van der Waals surface area contributed by atoms with Crippen LogP contribution in [0.25, 0.3) is 0 Å². The van der Waals surface area contributed by atoms with E-state index < -0.39 is 0 Å². The predicted molar refractivity (Wildman–Crippen MR) is 53.2 cm³/mol. The van der Waals surface area contributed by atoms with Crippen molar-refractivity contribution < 1.29 is 0 Å². The lowest BCUT2D eigenvalue weighted by molar-refractivity contribution is 0.234. The highest BCUT2D eigenvalue weighted by molar-refractivity contribution is 4.71. The van der Waals surface area contributed by atoms with Gasteiger partial charge in [-0.15, -0.1) is 0 Å². The summed E-state index contributed by atoms with van der Waals surface area (Å²) >= 11 is 0. The first-order chi connectivity index (χ1) is 5.84. The Bertz CT molecular complexity index is 114. The molecule has 2 nitrogen and oxygen atoms in total. The van der Waals surface area contributed by atoms with Gasteiger partial charge in [0.05, 0.1) is 0 Å². The smallest absolute Gasteiger partial charge is 0.0215 e. The first-order valence-corrected chi connectivity index (χ1v) is 5.25. The maximum Gasteiger partial charge on any atom is 0.0215 e. The highest BCUT2D eigenvalue weighted by Gasteiger charge is 2.13. The number of nitrogens with zero attached hydrogens (tertiary/aromatic N) is 1. The third-order valence-corrected chi connectivity index (χ3v) is 2.94. The molecule has 12 heavy (non-hydrogen) atoms. The predicted octanol–water partition coefficient (Wildman–Crippen LogP) is 1.60.